The van der Waals surface area contributed by atoms with E-state index in [0.717, 1.165) is 37.7 Å². The molecule has 2 heterocycles. The van der Waals surface area contributed by atoms with Crippen LogP contribution in [0.15, 0.2) is 67.1 Å². The number of ether oxygens (including phenoxy) is 3. The van der Waals surface area contributed by atoms with E-state index in [2.05, 4.69) is 9.97 Å². The van der Waals surface area contributed by atoms with Gasteiger partial charge in [-0.1, -0.05) is 0 Å². The van der Waals surface area contributed by atoms with Gasteiger partial charge in [-0.25, -0.2) is 14.4 Å². The summed E-state index contributed by atoms with van der Waals surface area (Å²) in [6.07, 6.45) is 3.55. The number of hydrogen-bond acceptors (Lipinski definition) is 6. The lowest BCUT2D eigenvalue weighted by Crippen LogP contribution is -1.98. The third-order valence-electron chi connectivity index (χ3n) is 5.34. The molecule has 8 heteroatoms. The molecule has 166 valence electrons. The van der Waals surface area contributed by atoms with Crippen molar-refractivity contribution in [3.8, 4) is 44.8 Å². The van der Waals surface area contributed by atoms with Crippen LogP contribution < -0.4 is 14.2 Å². The lowest BCUT2D eigenvalue weighted by atomic mass is 10.1. The van der Waals surface area contributed by atoms with E-state index in [1.54, 1.807) is 39.9 Å². The average Bonchev–Trinajstić information content (AvgIpc) is 3.50. The van der Waals surface area contributed by atoms with Gasteiger partial charge in [0, 0.05) is 16.8 Å². The van der Waals surface area contributed by atoms with Crippen LogP contribution in [-0.2, 0) is 0 Å². The van der Waals surface area contributed by atoms with Crippen LogP contribution in [0.3, 0.4) is 0 Å². The molecule has 33 heavy (non-hydrogen) atoms. The fourth-order valence-electron chi connectivity index (χ4n) is 3.73. The van der Waals surface area contributed by atoms with Gasteiger partial charge >= 0.3 is 0 Å². The Labute approximate surface area is 193 Å². The third-order valence-corrected chi connectivity index (χ3v) is 6.41. The number of methoxy groups -OCH3 is 3. The molecular weight excluding hydrogens is 441 g/mol. The minimum Gasteiger partial charge on any atom is -0.493 e. The van der Waals surface area contributed by atoms with Crippen molar-refractivity contribution in [3.63, 3.8) is 0 Å². The molecule has 0 aliphatic heterocycles. The van der Waals surface area contributed by atoms with E-state index in [4.69, 9.17) is 14.2 Å². The Hall–Kier alpha value is -3.91. The highest BCUT2D eigenvalue weighted by molar-refractivity contribution is 7.21. The molecule has 0 bridgehead atoms. The second kappa shape index (κ2) is 8.55. The smallest absolute Gasteiger partial charge is 0.203 e. The maximum atomic E-state index is 13.5. The Kier molecular flexibility index (Phi) is 5.43. The first-order valence-corrected chi connectivity index (χ1v) is 10.9. The van der Waals surface area contributed by atoms with Crippen molar-refractivity contribution in [2.24, 2.45) is 0 Å². The van der Waals surface area contributed by atoms with Gasteiger partial charge < -0.3 is 14.2 Å². The fourth-order valence-corrected chi connectivity index (χ4v) is 4.73. The molecule has 5 rings (SSSR count). The van der Waals surface area contributed by atoms with Crippen molar-refractivity contribution in [1.29, 1.82) is 0 Å². The lowest BCUT2D eigenvalue weighted by Gasteiger charge is -2.15. The van der Waals surface area contributed by atoms with Crippen molar-refractivity contribution in [3.05, 3.63) is 72.9 Å². The minimum absolute atomic E-state index is 0.257. The van der Waals surface area contributed by atoms with E-state index in [-0.39, 0.29) is 5.82 Å². The molecule has 0 N–H and O–H groups in total. The average molecular weight is 462 g/mol. The topological polar surface area (TPSA) is 58.4 Å². The van der Waals surface area contributed by atoms with Crippen LogP contribution in [0.25, 0.3) is 37.7 Å². The van der Waals surface area contributed by atoms with E-state index in [1.807, 2.05) is 41.0 Å². The number of thiazole rings is 1. The molecule has 0 saturated carbocycles. The quantitative estimate of drug-likeness (QED) is 0.311. The highest BCUT2D eigenvalue weighted by Crippen LogP contribution is 2.41. The van der Waals surface area contributed by atoms with Crippen molar-refractivity contribution >= 4 is 21.6 Å². The van der Waals surface area contributed by atoms with Crippen LogP contribution in [0.1, 0.15) is 0 Å². The first-order valence-electron chi connectivity index (χ1n) is 10.1. The van der Waals surface area contributed by atoms with Gasteiger partial charge in [-0.2, -0.15) is 0 Å². The van der Waals surface area contributed by atoms with Gasteiger partial charge in [0.2, 0.25) is 5.75 Å². The highest BCUT2D eigenvalue weighted by atomic mass is 32.1. The van der Waals surface area contributed by atoms with Gasteiger partial charge in [0.25, 0.3) is 0 Å². The van der Waals surface area contributed by atoms with Crippen LogP contribution in [-0.4, -0.2) is 35.9 Å². The molecule has 0 spiro atoms. The van der Waals surface area contributed by atoms with Crippen LogP contribution in [0.4, 0.5) is 4.39 Å². The Bertz CT molecular complexity index is 1420. The number of nitrogens with zero attached hydrogens (tertiary/aromatic N) is 3. The van der Waals surface area contributed by atoms with Gasteiger partial charge in [-0.05, 0) is 54.6 Å². The van der Waals surface area contributed by atoms with Gasteiger partial charge in [0.1, 0.15) is 10.8 Å². The molecule has 0 aliphatic rings. The molecule has 2 aromatic heterocycles. The number of fused-ring (bicyclic) bond motifs is 1. The maximum absolute atomic E-state index is 13.5. The van der Waals surface area contributed by atoms with Crippen LogP contribution >= 0.6 is 11.3 Å². The molecule has 0 unspecified atom stereocenters. The zero-order valence-electron chi connectivity index (χ0n) is 18.2. The SMILES string of the molecule is COc1cc(-c2cncn2-c2ccc(-c3nc4ccc(F)cc4s3)cc2)cc(OC)c1OC. The van der Waals surface area contributed by atoms with Gasteiger partial charge in [-0.15, -0.1) is 11.3 Å². The van der Waals surface area contributed by atoms with Crippen LogP contribution in [0, 0.1) is 5.82 Å². The number of halogens is 1. The Morgan fingerprint density at radius 2 is 1.58 bits per heavy atom. The van der Waals surface area contributed by atoms with Gasteiger partial charge in [-0.3, -0.25) is 4.57 Å². The third kappa shape index (κ3) is 3.78. The molecule has 0 saturated heterocycles. The predicted molar refractivity (Wildman–Crippen MR) is 127 cm³/mol. The van der Waals surface area contributed by atoms with E-state index in [0.29, 0.717) is 17.2 Å². The Balaban J connectivity index is 1.51. The molecular formula is C25H20FN3O3S. The van der Waals surface area contributed by atoms with E-state index in [1.165, 1.54) is 23.5 Å². The van der Waals surface area contributed by atoms with Crippen LogP contribution in [0.5, 0.6) is 17.2 Å². The summed E-state index contributed by atoms with van der Waals surface area (Å²) < 4.78 is 32.8. The number of rotatable bonds is 6. The van der Waals surface area contributed by atoms with Crippen molar-refractivity contribution in [1.82, 2.24) is 14.5 Å². The molecule has 0 atom stereocenters. The van der Waals surface area contributed by atoms with Crippen molar-refractivity contribution < 1.29 is 18.6 Å². The largest absolute Gasteiger partial charge is 0.493 e. The molecule has 6 nitrogen and oxygen atoms in total. The van der Waals surface area contributed by atoms with Gasteiger partial charge in [0.15, 0.2) is 11.5 Å². The number of imidazole rings is 1. The zero-order chi connectivity index (χ0) is 22.9. The molecule has 3 aromatic carbocycles. The van der Waals surface area contributed by atoms with E-state index >= 15 is 0 Å². The summed E-state index contributed by atoms with van der Waals surface area (Å²) in [6, 6.07) is 16.4. The summed E-state index contributed by atoms with van der Waals surface area (Å²) in [5.41, 5.74) is 4.44. The highest BCUT2D eigenvalue weighted by Gasteiger charge is 2.17. The Morgan fingerprint density at radius 1 is 0.848 bits per heavy atom. The summed E-state index contributed by atoms with van der Waals surface area (Å²) in [4.78, 5) is 8.98. The molecule has 0 radical (unpaired) electrons. The number of hydrogen-bond donors (Lipinski definition) is 0. The Morgan fingerprint density at radius 3 is 2.24 bits per heavy atom. The lowest BCUT2D eigenvalue weighted by molar-refractivity contribution is 0.324. The zero-order valence-corrected chi connectivity index (χ0v) is 19.0. The summed E-state index contributed by atoms with van der Waals surface area (Å²) in [5.74, 6) is 1.42. The normalized spacial score (nSPS) is 11.0. The first kappa shape index (κ1) is 21.0. The molecule has 5 aromatic rings. The van der Waals surface area contributed by atoms with Crippen LogP contribution in [0.2, 0.25) is 0 Å². The minimum atomic E-state index is -0.257. The van der Waals surface area contributed by atoms with E-state index in [9.17, 15) is 4.39 Å². The number of benzene rings is 3. The van der Waals surface area contributed by atoms with Gasteiger partial charge in [0.05, 0.1) is 49.8 Å². The molecule has 0 aliphatic carbocycles. The van der Waals surface area contributed by atoms with E-state index < -0.39 is 0 Å². The summed E-state index contributed by atoms with van der Waals surface area (Å²) in [6.45, 7) is 0. The second-order valence-corrected chi connectivity index (χ2v) is 8.27. The predicted octanol–water partition coefficient (Wildman–Crippen LogP) is 5.98. The maximum Gasteiger partial charge on any atom is 0.203 e. The first-order chi connectivity index (χ1) is 16.1. The standard InChI is InChI=1S/C25H20FN3O3S/c1-30-21-10-16(11-22(31-2)24(21)32-3)20-13-27-14-29(20)18-7-4-15(5-8-18)25-28-19-9-6-17(26)12-23(19)33-25/h4-14H,1-3H3. The summed E-state index contributed by atoms with van der Waals surface area (Å²) in [7, 11) is 4.76. The monoisotopic (exact) mass is 461 g/mol. The number of aromatic nitrogens is 3. The molecule has 0 amide bonds. The summed E-state index contributed by atoms with van der Waals surface area (Å²) in [5, 5.41) is 0.845. The van der Waals surface area contributed by atoms with Crippen molar-refractivity contribution in [2.75, 3.05) is 21.3 Å². The summed E-state index contributed by atoms with van der Waals surface area (Å²) >= 11 is 1.47. The fraction of sp³-hybridized carbons (Fsp3) is 0.120. The second-order valence-electron chi connectivity index (χ2n) is 7.24. The van der Waals surface area contributed by atoms with Crippen molar-refractivity contribution in [2.45, 2.75) is 0 Å². The molecule has 0 fully saturated rings.